The molecule has 0 unspecified atom stereocenters. The topological polar surface area (TPSA) is 57.9 Å². The Bertz CT molecular complexity index is 650. The summed E-state index contributed by atoms with van der Waals surface area (Å²) in [5.74, 6) is 1.12. The van der Waals surface area contributed by atoms with Crippen molar-refractivity contribution in [1.82, 2.24) is 4.98 Å². The zero-order valence-electron chi connectivity index (χ0n) is 10.6. The van der Waals surface area contributed by atoms with Crippen molar-refractivity contribution in [2.75, 3.05) is 12.4 Å². The summed E-state index contributed by atoms with van der Waals surface area (Å²) in [6.07, 6.45) is 1.65. The van der Waals surface area contributed by atoms with Crippen LogP contribution in [0.15, 0.2) is 30.5 Å². The third-order valence-electron chi connectivity index (χ3n) is 2.69. The summed E-state index contributed by atoms with van der Waals surface area (Å²) in [6.45, 7) is 1.86. The molecule has 0 fully saturated rings. The van der Waals surface area contributed by atoms with E-state index >= 15 is 0 Å². The number of nitrogens with zero attached hydrogens (tertiary/aromatic N) is 2. The first-order valence-electron chi connectivity index (χ1n) is 5.62. The maximum Gasteiger partial charge on any atom is 0.148 e. The number of halogens is 1. The van der Waals surface area contributed by atoms with Crippen molar-refractivity contribution in [3.63, 3.8) is 0 Å². The van der Waals surface area contributed by atoms with E-state index in [-0.39, 0.29) is 0 Å². The van der Waals surface area contributed by atoms with Gasteiger partial charge in [-0.05, 0) is 36.8 Å². The maximum absolute atomic E-state index is 9.17. The van der Waals surface area contributed by atoms with Crippen molar-refractivity contribution in [2.45, 2.75) is 6.92 Å². The lowest BCUT2D eigenvalue weighted by atomic mass is 10.1. The Hall–Kier alpha value is -2.25. The molecule has 2 rings (SSSR count). The van der Waals surface area contributed by atoms with Crippen LogP contribution in [-0.4, -0.2) is 12.1 Å². The summed E-state index contributed by atoms with van der Waals surface area (Å²) >= 11 is 5.96. The van der Waals surface area contributed by atoms with Crippen LogP contribution in [0.3, 0.4) is 0 Å². The number of benzene rings is 1. The summed E-state index contributed by atoms with van der Waals surface area (Å²) in [5, 5.41) is 12.8. The summed E-state index contributed by atoms with van der Waals surface area (Å²) in [7, 11) is 1.57. The number of anilines is 2. The first-order chi connectivity index (χ1) is 9.15. The predicted octanol–water partition coefficient (Wildman–Crippen LogP) is 3.67. The van der Waals surface area contributed by atoms with E-state index < -0.39 is 0 Å². The summed E-state index contributed by atoms with van der Waals surface area (Å²) in [6, 6.07) is 9.15. The molecule has 0 spiro atoms. The highest BCUT2D eigenvalue weighted by molar-refractivity contribution is 6.31. The molecule has 0 aliphatic rings. The van der Waals surface area contributed by atoms with E-state index in [1.807, 2.05) is 6.92 Å². The number of ether oxygens (including phenoxy) is 1. The second-order valence-electron chi connectivity index (χ2n) is 3.93. The number of rotatable bonds is 3. The van der Waals surface area contributed by atoms with Crippen LogP contribution in [0.25, 0.3) is 0 Å². The van der Waals surface area contributed by atoms with Crippen LogP contribution in [0.4, 0.5) is 11.5 Å². The van der Waals surface area contributed by atoms with Gasteiger partial charge in [-0.3, -0.25) is 0 Å². The quantitative estimate of drug-likeness (QED) is 0.927. The van der Waals surface area contributed by atoms with Crippen LogP contribution in [0, 0.1) is 18.3 Å². The zero-order valence-corrected chi connectivity index (χ0v) is 11.3. The molecule has 4 nitrogen and oxygen atoms in total. The maximum atomic E-state index is 9.17. The van der Waals surface area contributed by atoms with Gasteiger partial charge in [-0.1, -0.05) is 11.6 Å². The molecule has 0 aliphatic heterocycles. The first kappa shape index (κ1) is 13.2. The van der Waals surface area contributed by atoms with Crippen molar-refractivity contribution < 1.29 is 4.74 Å². The number of methoxy groups -OCH3 is 1. The fraction of sp³-hybridized carbons (Fsp3) is 0.143. The van der Waals surface area contributed by atoms with Gasteiger partial charge >= 0.3 is 0 Å². The molecule has 96 valence electrons. The van der Waals surface area contributed by atoms with E-state index in [1.54, 1.807) is 37.6 Å². The summed E-state index contributed by atoms with van der Waals surface area (Å²) < 4.78 is 5.24. The lowest BCUT2D eigenvalue weighted by Crippen LogP contribution is -2.00. The molecule has 1 aromatic carbocycles. The second-order valence-corrected chi connectivity index (χ2v) is 4.37. The van der Waals surface area contributed by atoms with Gasteiger partial charge in [0.2, 0.25) is 0 Å². The highest BCUT2D eigenvalue weighted by Gasteiger charge is 2.10. The van der Waals surface area contributed by atoms with E-state index in [4.69, 9.17) is 16.3 Å². The highest BCUT2D eigenvalue weighted by atomic mass is 35.5. The Kier molecular flexibility index (Phi) is 3.88. The number of aryl methyl sites for hydroxylation is 1. The van der Waals surface area contributed by atoms with E-state index in [1.165, 1.54) is 0 Å². The normalized spacial score (nSPS) is 9.79. The fourth-order valence-electron chi connectivity index (χ4n) is 1.70. The third-order valence-corrected chi connectivity index (χ3v) is 2.92. The molecular formula is C14H12ClN3O. The molecule has 0 aliphatic carbocycles. The molecule has 0 atom stereocenters. The van der Waals surface area contributed by atoms with Gasteiger partial charge in [-0.15, -0.1) is 0 Å². The lowest BCUT2D eigenvalue weighted by Gasteiger charge is -2.12. The Labute approximate surface area is 116 Å². The minimum Gasteiger partial charge on any atom is -0.495 e. The number of hydrogen-bond acceptors (Lipinski definition) is 4. The molecule has 0 amide bonds. The zero-order chi connectivity index (χ0) is 13.8. The van der Waals surface area contributed by atoms with E-state index in [2.05, 4.69) is 16.4 Å². The Morgan fingerprint density at radius 1 is 1.37 bits per heavy atom. The number of pyridine rings is 1. The highest BCUT2D eigenvalue weighted by Crippen LogP contribution is 2.31. The minimum absolute atomic E-state index is 0.489. The summed E-state index contributed by atoms with van der Waals surface area (Å²) in [5.41, 5.74) is 2.04. The molecule has 0 bridgehead atoms. The van der Waals surface area contributed by atoms with Crippen LogP contribution in [0.5, 0.6) is 5.75 Å². The minimum atomic E-state index is 0.489. The van der Waals surface area contributed by atoms with E-state index in [0.29, 0.717) is 27.8 Å². The van der Waals surface area contributed by atoms with Gasteiger partial charge in [-0.2, -0.15) is 5.26 Å². The summed E-state index contributed by atoms with van der Waals surface area (Å²) in [4.78, 5) is 4.18. The van der Waals surface area contributed by atoms with Crippen LogP contribution in [0.2, 0.25) is 5.02 Å². The average Bonchev–Trinajstić information content (AvgIpc) is 2.39. The fourth-order valence-corrected chi connectivity index (χ4v) is 1.87. The molecule has 5 heteroatoms. The van der Waals surface area contributed by atoms with Crippen molar-refractivity contribution in [3.05, 3.63) is 46.6 Å². The van der Waals surface area contributed by atoms with Crippen LogP contribution < -0.4 is 10.1 Å². The SMILES string of the molecule is COc1ccc(Cl)cc1Nc1nccc(C)c1C#N. The number of aromatic nitrogens is 1. The molecule has 0 radical (unpaired) electrons. The van der Waals surface area contributed by atoms with Gasteiger partial charge in [0.1, 0.15) is 17.6 Å². The lowest BCUT2D eigenvalue weighted by molar-refractivity contribution is 0.417. The van der Waals surface area contributed by atoms with Crippen LogP contribution >= 0.6 is 11.6 Å². The Balaban J connectivity index is 2.45. The molecule has 19 heavy (non-hydrogen) atoms. The third kappa shape index (κ3) is 2.78. The Morgan fingerprint density at radius 3 is 2.84 bits per heavy atom. The molecular weight excluding hydrogens is 262 g/mol. The van der Waals surface area contributed by atoms with Crippen molar-refractivity contribution in [3.8, 4) is 11.8 Å². The van der Waals surface area contributed by atoms with Crippen molar-refractivity contribution >= 4 is 23.1 Å². The van der Waals surface area contributed by atoms with Crippen molar-refractivity contribution in [2.24, 2.45) is 0 Å². The van der Waals surface area contributed by atoms with Crippen molar-refractivity contribution in [1.29, 1.82) is 5.26 Å². The molecule has 0 saturated heterocycles. The van der Waals surface area contributed by atoms with E-state index in [9.17, 15) is 5.26 Å². The van der Waals surface area contributed by atoms with Crippen LogP contribution in [0.1, 0.15) is 11.1 Å². The first-order valence-corrected chi connectivity index (χ1v) is 5.99. The van der Waals surface area contributed by atoms with Gasteiger partial charge in [0.15, 0.2) is 0 Å². The van der Waals surface area contributed by atoms with E-state index in [0.717, 1.165) is 5.56 Å². The number of nitrogens with one attached hydrogen (secondary N) is 1. The van der Waals surface area contributed by atoms with Gasteiger partial charge in [0.25, 0.3) is 0 Å². The smallest absolute Gasteiger partial charge is 0.148 e. The van der Waals surface area contributed by atoms with Gasteiger partial charge in [0, 0.05) is 11.2 Å². The van der Waals surface area contributed by atoms with Gasteiger partial charge in [-0.25, -0.2) is 4.98 Å². The molecule has 2 aromatic rings. The number of nitriles is 1. The predicted molar refractivity (Wildman–Crippen MR) is 75.0 cm³/mol. The molecule has 1 heterocycles. The monoisotopic (exact) mass is 273 g/mol. The number of hydrogen-bond donors (Lipinski definition) is 1. The largest absolute Gasteiger partial charge is 0.495 e. The molecule has 0 saturated carbocycles. The second kappa shape index (κ2) is 5.59. The Morgan fingerprint density at radius 2 is 2.16 bits per heavy atom. The average molecular weight is 274 g/mol. The van der Waals surface area contributed by atoms with Gasteiger partial charge in [0.05, 0.1) is 18.4 Å². The molecule has 1 N–H and O–H groups in total. The van der Waals surface area contributed by atoms with Crippen LogP contribution in [-0.2, 0) is 0 Å². The standard InChI is InChI=1S/C14H12ClN3O/c1-9-5-6-17-14(11(9)8-16)18-12-7-10(15)3-4-13(12)19-2/h3-7H,1-2H3,(H,17,18). The van der Waals surface area contributed by atoms with Gasteiger partial charge < -0.3 is 10.1 Å². The molecule has 1 aromatic heterocycles.